The normalized spacial score (nSPS) is 15.6. The van der Waals surface area contributed by atoms with Crippen molar-refractivity contribution in [1.82, 2.24) is 9.97 Å². The Balaban J connectivity index is 1.59. The quantitative estimate of drug-likeness (QED) is 0.540. The van der Waals surface area contributed by atoms with Gasteiger partial charge in [-0.05, 0) is 42.7 Å². The molecule has 0 aliphatic carbocycles. The molecule has 1 N–H and O–H groups in total. The summed E-state index contributed by atoms with van der Waals surface area (Å²) in [6.45, 7) is 0.622. The van der Waals surface area contributed by atoms with Crippen LogP contribution in [0, 0.1) is 5.82 Å². The number of ether oxygens (including phenoxy) is 2. The second kappa shape index (κ2) is 9.40. The Hall–Kier alpha value is -3.39. The number of hydrogen-bond donors (Lipinski definition) is 1. The highest BCUT2D eigenvalue weighted by Gasteiger charge is 2.29. The molecule has 2 heterocycles. The lowest BCUT2D eigenvalue weighted by molar-refractivity contribution is 0.0692. The smallest absolute Gasteiger partial charge is 0.339 e. The predicted octanol–water partition coefficient (Wildman–Crippen LogP) is 4.90. The maximum absolute atomic E-state index is 13.4. The van der Waals surface area contributed by atoms with Gasteiger partial charge in [0.15, 0.2) is 0 Å². The van der Waals surface area contributed by atoms with Crippen LogP contribution in [0.4, 0.5) is 10.3 Å². The molecular formula is C23H21ClFN3O4. The summed E-state index contributed by atoms with van der Waals surface area (Å²) in [5.41, 5.74) is 1.28. The molecular weight excluding hydrogens is 437 g/mol. The summed E-state index contributed by atoms with van der Waals surface area (Å²) in [5, 5.41) is 9.47. The zero-order valence-corrected chi connectivity index (χ0v) is 18.1. The fourth-order valence-corrected chi connectivity index (χ4v) is 3.90. The van der Waals surface area contributed by atoms with Crippen LogP contribution in [0.3, 0.4) is 0 Å². The fourth-order valence-electron chi connectivity index (χ4n) is 3.73. The molecule has 0 saturated carbocycles. The van der Waals surface area contributed by atoms with Crippen molar-refractivity contribution >= 4 is 23.5 Å². The molecule has 1 aliphatic heterocycles. The summed E-state index contributed by atoms with van der Waals surface area (Å²) < 4.78 is 24.2. The van der Waals surface area contributed by atoms with E-state index >= 15 is 0 Å². The number of aromatic carboxylic acids is 1. The van der Waals surface area contributed by atoms with Crippen LogP contribution in [-0.2, 0) is 6.61 Å². The van der Waals surface area contributed by atoms with E-state index in [1.54, 1.807) is 7.11 Å². The number of carboxylic acid groups (broad SMARTS) is 1. The molecule has 1 fully saturated rings. The van der Waals surface area contributed by atoms with Gasteiger partial charge in [-0.1, -0.05) is 23.7 Å². The number of rotatable bonds is 7. The largest absolute Gasteiger partial charge is 0.497 e. The van der Waals surface area contributed by atoms with Gasteiger partial charge < -0.3 is 19.5 Å². The summed E-state index contributed by atoms with van der Waals surface area (Å²) in [6.07, 6.45) is 3.18. The van der Waals surface area contributed by atoms with Gasteiger partial charge in [0.25, 0.3) is 0 Å². The molecule has 2 aromatic carbocycles. The van der Waals surface area contributed by atoms with Crippen LogP contribution < -0.4 is 14.4 Å². The van der Waals surface area contributed by atoms with Crippen LogP contribution in [0.15, 0.2) is 48.7 Å². The third kappa shape index (κ3) is 4.60. The first-order valence-electron chi connectivity index (χ1n) is 10.0. The molecule has 0 amide bonds. The predicted molar refractivity (Wildman–Crippen MR) is 117 cm³/mol. The van der Waals surface area contributed by atoms with Gasteiger partial charge in [-0.25, -0.2) is 19.2 Å². The van der Waals surface area contributed by atoms with E-state index in [0.29, 0.717) is 11.7 Å². The highest BCUT2D eigenvalue weighted by molar-refractivity contribution is 6.30. The Bertz CT molecular complexity index is 1130. The molecule has 1 aliphatic rings. The molecule has 1 atom stereocenters. The van der Waals surface area contributed by atoms with Gasteiger partial charge in [-0.2, -0.15) is 0 Å². The summed E-state index contributed by atoms with van der Waals surface area (Å²) in [7, 11) is 1.62. The van der Waals surface area contributed by atoms with Crippen molar-refractivity contribution in [3.05, 3.63) is 76.3 Å². The zero-order valence-electron chi connectivity index (χ0n) is 17.3. The number of methoxy groups -OCH3 is 1. The van der Waals surface area contributed by atoms with E-state index in [1.165, 1.54) is 24.4 Å². The number of carbonyl (C=O) groups is 1. The molecule has 166 valence electrons. The van der Waals surface area contributed by atoms with Gasteiger partial charge in [0.05, 0.1) is 23.9 Å². The van der Waals surface area contributed by atoms with E-state index in [-0.39, 0.29) is 28.9 Å². The Morgan fingerprint density at radius 3 is 2.69 bits per heavy atom. The van der Waals surface area contributed by atoms with Gasteiger partial charge in [0, 0.05) is 18.8 Å². The summed E-state index contributed by atoms with van der Waals surface area (Å²) in [4.78, 5) is 22.6. The molecule has 3 aromatic rings. The van der Waals surface area contributed by atoms with Crippen molar-refractivity contribution in [2.75, 3.05) is 18.6 Å². The molecule has 7 nitrogen and oxygen atoms in total. The number of carboxylic acids is 1. The molecule has 0 radical (unpaired) electrons. The van der Waals surface area contributed by atoms with Gasteiger partial charge in [0.2, 0.25) is 5.95 Å². The van der Waals surface area contributed by atoms with Crippen molar-refractivity contribution in [2.45, 2.75) is 25.5 Å². The standard InChI is InChI=1S/C23H21ClFN3O4/c1-31-15-6-4-14(5-7-15)21-3-2-10-28(21)23-26-12-17(22(29)30)20(27-23)13-32-16-8-9-19(25)18(24)11-16/h4-9,11-12,21H,2-3,10,13H2,1H3,(H,29,30)/t21-/m1/s1. The molecule has 32 heavy (non-hydrogen) atoms. The van der Waals surface area contributed by atoms with Gasteiger partial charge in [0.1, 0.15) is 29.5 Å². The molecule has 1 saturated heterocycles. The number of anilines is 1. The minimum absolute atomic E-state index is 0.0536. The molecule has 9 heteroatoms. The van der Waals surface area contributed by atoms with Crippen LogP contribution in [0.1, 0.15) is 40.5 Å². The summed E-state index contributed by atoms with van der Waals surface area (Å²) >= 11 is 5.79. The van der Waals surface area contributed by atoms with Crippen molar-refractivity contribution < 1.29 is 23.8 Å². The van der Waals surface area contributed by atoms with Crippen molar-refractivity contribution in [2.24, 2.45) is 0 Å². The lowest BCUT2D eigenvalue weighted by Crippen LogP contribution is -2.26. The maximum Gasteiger partial charge on any atom is 0.339 e. The average molecular weight is 458 g/mol. The van der Waals surface area contributed by atoms with Crippen molar-refractivity contribution in [1.29, 1.82) is 0 Å². The Kier molecular flexibility index (Phi) is 6.41. The molecule has 0 bridgehead atoms. The van der Waals surface area contributed by atoms with E-state index in [2.05, 4.69) is 14.9 Å². The maximum atomic E-state index is 13.4. The number of benzene rings is 2. The highest BCUT2D eigenvalue weighted by atomic mass is 35.5. The molecule has 0 spiro atoms. The monoisotopic (exact) mass is 457 g/mol. The first kappa shape index (κ1) is 21.8. The lowest BCUT2D eigenvalue weighted by Gasteiger charge is -2.25. The van der Waals surface area contributed by atoms with Crippen LogP contribution in [0.2, 0.25) is 5.02 Å². The highest BCUT2D eigenvalue weighted by Crippen LogP contribution is 2.35. The second-order valence-corrected chi connectivity index (χ2v) is 7.73. The number of aromatic nitrogens is 2. The van der Waals surface area contributed by atoms with Crippen LogP contribution in [0.5, 0.6) is 11.5 Å². The first-order chi connectivity index (χ1) is 15.5. The van der Waals surface area contributed by atoms with E-state index in [4.69, 9.17) is 21.1 Å². The Labute approximate surface area is 189 Å². The van der Waals surface area contributed by atoms with E-state index < -0.39 is 11.8 Å². The minimum atomic E-state index is -1.15. The van der Waals surface area contributed by atoms with Crippen LogP contribution in [0.25, 0.3) is 0 Å². The molecule has 0 unspecified atom stereocenters. The Morgan fingerprint density at radius 1 is 1.25 bits per heavy atom. The summed E-state index contributed by atoms with van der Waals surface area (Å²) in [6, 6.07) is 11.8. The van der Waals surface area contributed by atoms with Gasteiger partial charge >= 0.3 is 5.97 Å². The number of halogens is 2. The first-order valence-corrected chi connectivity index (χ1v) is 10.4. The van der Waals surface area contributed by atoms with Gasteiger partial charge in [-0.15, -0.1) is 0 Å². The lowest BCUT2D eigenvalue weighted by atomic mass is 10.0. The molecule has 4 rings (SSSR count). The zero-order chi connectivity index (χ0) is 22.7. The van der Waals surface area contributed by atoms with Crippen molar-refractivity contribution in [3.8, 4) is 11.5 Å². The third-order valence-electron chi connectivity index (χ3n) is 5.36. The minimum Gasteiger partial charge on any atom is -0.497 e. The van der Waals surface area contributed by atoms with Gasteiger partial charge in [-0.3, -0.25) is 0 Å². The average Bonchev–Trinajstić information content (AvgIpc) is 3.29. The van der Waals surface area contributed by atoms with Crippen molar-refractivity contribution in [3.63, 3.8) is 0 Å². The summed E-state index contributed by atoms with van der Waals surface area (Å²) in [5.74, 6) is -0.191. The fraction of sp³-hybridized carbons (Fsp3) is 0.261. The van der Waals surface area contributed by atoms with Crippen LogP contribution >= 0.6 is 11.6 Å². The second-order valence-electron chi connectivity index (χ2n) is 7.32. The van der Waals surface area contributed by atoms with E-state index in [1.807, 2.05) is 24.3 Å². The SMILES string of the molecule is COc1ccc([C@H]2CCCN2c2ncc(C(=O)O)c(COc3ccc(F)c(Cl)c3)n2)cc1. The molecule has 1 aromatic heterocycles. The third-order valence-corrected chi connectivity index (χ3v) is 5.65. The number of nitrogens with zero attached hydrogens (tertiary/aromatic N) is 3. The van der Waals surface area contributed by atoms with E-state index in [9.17, 15) is 14.3 Å². The number of hydrogen-bond acceptors (Lipinski definition) is 6. The Morgan fingerprint density at radius 2 is 2.00 bits per heavy atom. The topological polar surface area (TPSA) is 84.8 Å². The van der Waals surface area contributed by atoms with E-state index in [0.717, 1.165) is 30.7 Å². The van der Waals surface area contributed by atoms with Crippen LogP contribution in [-0.4, -0.2) is 34.7 Å².